The van der Waals surface area contributed by atoms with Gasteiger partial charge < -0.3 is 4.84 Å². The lowest BCUT2D eigenvalue weighted by molar-refractivity contribution is -0.194. The van der Waals surface area contributed by atoms with E-state index in [2.05, 4.69) is 4.84 Å². The third-order valence-electron chi connectivity index (χ3n) is 2.63. The summed E-state index contributed by atoms with van der Waals surface area (Å²) in [6.45, 7) is 3.68. The number of allylic oxidation sites excluding steroid dienone is 1. The molecule has 0 saturated heterocycles. The molecule has 0 aromatic rings. The van der Waals surface area contributed by atoms with Gasteiger partial charge in [0.25, 0.3) is 18.2 Å². The number of amides is 4. The van der Waals surface area contributed by atoms with Crippen molar-refractivity contribution in [2.75, 3.05) is 18.1 Å². The fourth-order valence-electron chi connectivity index (χ4n) is 1.54. The summed E-state index contributed by atoms with van der Waals surface area (Å²) in [7, 11) is 0. The third-order valence-corrected chi connectivity index (χ3v) is 3.65. The highest BCUT2D eigenvalue weighted by molar-refractivity contribution is 7.99. The van der Waals surface area contributed by atoms with Crippen LogP contribution in [0.15, 0.2) is 12.2 Å². The molecule has 0 saturated carbocycles. The number of hydrogen-bond acceptors (Lipinski definition) is 7. The van der Waals surface area contributed by atoms with Crippen molar-refractivity contribution in [2.45, 2.75) is 33.1 Å². The van der Waals surface area contributed by atoms with Crippen LogP contribution in [0.1, 0.15) is 33.1 Å². The molecule has 0 aromatic carbocycles. The summed E-state index contributed by atoms with van der Waals surface area (Å²) in [5, 5.41) is 0.399. The number of hydrogen-bond donors (Lipinski definition) is 0. The molecule has 0 N–H and O–H groups in total. The molecule has 0 aromatic heterocycles. The predicted octanol–water partition coefficient (Wildman–Crippen LogP) is 0.914. The Morgan fingerprint density at radius 3 is 2.42 bits per heavy atom. The van der Waals surface area contributed by atoms with Gasteiger partial charge >= 0.3 is 5.97 Å². The first-order chi connectivity index (χ1) is 11.5. The maximum Gasteiger partial charge on any atom is 0.342 e. The summed E-state index contributed by atoms with van der Waals surface area (Å²) in [5.74, 6) is -1.23. The summed E-state index contributed by atoms with van der Waals surface area (Å²) in [5.41, 5.74) is 0. The van der Waals surface area contributed by atoms with E-state index in [1.165, 1.54) is 17.8 Å². The van der Waals surface area contributed by atoms with Crippen molar-refractivity contribution < 1.29 is 28.8 Å². The van der Waals surface area contributed by atoms with Crippen LogP contribution in [0, 0.1) is 0 Å². The Kier molecular flexibility index (Phi) is 12.1. The minimum Gasteiger partial charge on any atom is -0.330 e. The quantitative estimate of drug-likeness (QED) is 0.234. The van der Waals surface area contributed by atoms with Gasteiger partial charge in [0.1, 0.15) is 0 Å². The minimum absolute atomic E-state index is 0.0480. The van der Waals surface area contributed by atoms with Crippen LogP contribution in [0.4, 0.5) is 0 Å². The van der Waals surface area contributed by atoms with Gasteiger partial charge in [-0.25, -0.2) is 4.79 Å². The molecular weight excluding hydrogens is 336 g/mol. The molecule has 0 aliphatic rings. The van der Waals surface area contributed by atoms with Crippen molar-refractivity contribution in [3.63, 3.8) is 0 Å². The van der Waals surface area contributed by atoms with Crippen LogP contribution in [0.2, 0.25) is 0 Å². The van der Waals surface area contributed by atoms with Crippen molar-refractivity contribution >= 4 is 42.4 Å². The number of thioether (sulfide) groups is 1. The van der Waals surface area contributed by atoms with Crippen LogP contribution in [-0.2, 0) is 28.8 Å². The standard InChI is InChI=1S/C15H22N2O6S/c1-3-6-13(20)16(11-18)8-5-9-24-10-15(22)23-17(12-19)14(21)7-4-2/h3,6,11-12H,4-5,7-10H2,1-2H3/b6-3-. The topological polar surface area (TPSA) is 101 Å². The lowest BCUT2D eigenvalue weighted by Crippen LogP contribution is -2.33. The Hall–Kier alpha value is -2.16. The summed E-state index contributed by atoms with van der Waals surface area (Å²) in [6, 6.07) is 0. The largest absolute Gasteiger partial charge is 0.342 e. The van der Waals surface area contributed by atoms with E-state index in [0.29, 0.717) is 30.1 Å². The molecular formula is C15H22N2O6S. The Balaban J connectivity index is 4.04. The molecule has 8 nitrogen and oxygen atoms in total. The van der Waals surface area contributed by atoms with Gasteiger partial charge in [0.2, 0.25) is 6.41 Å². The van der Waals surface area contributed by atoms with Crippen LogP contribution in [-0.4, -0.2) is 58.6 Å². The molecule has 0 bridgehead atoms. The zero-order chi connectivity index (χ0) is 18.4. The molecule has 9 heteroatoms. The molecule has 0 fully saturated rings. The lowest BCUT2D eigenvalue weighted by Gasteiger charge is -2.14. The molecule has 0 aliphatic carbocycles. The normalized spacial score (nSPS) is 10.2. The van der Waals surface area contributed by atoms with Crippen molar-refractivity contribution in [2.24, 2.45) is 0 Å². The van der Waals surface area contributed by atoms with Crippen LogP contribution in [0.25, 0.3) is 0 Å². The SMILES string of the molecule is C/C=C\C(=O)N(C=O)CCCSCC(=O)ON(C=O)C(=O)CCC. The van der Waals surface area contributed by atoms with Gasteiger partial charge in [-0.1, -0.05) is 13.0 Å². The Morgan fingerprint density at radius 2 is 1.88 bits per heavy atom. The van der Waals surface area contributed by atoms with Crippen LogP contribution in [0.3, 0.4) is 0 Å². The van der Waals surface area contributed by atoms with Gasteiger partial charge in [-0.3, -0.25) is 24.1 Å². The molecule has 0 rings (SSSR count). The number of rotatable bonds is 11. The maximum absolute atomic E-state index is 11.5. The number of carbonyl (C=O) groups is 5. The predicted molar refractivity (Wildman–Crippen MR) is 88.4 cm³/mol. The van der Waals surface area contributed by atoms with Crippen LogP contribution >= 0.6 is 11.8 Å². The smallest absolute Gasteiger partial charge is 0.330 e. The molecule has 0 radical (unpaired) electrons. The molecule has 0 spiro atoms. The second kappa shape index (κ2) is 13.3. The first kappa shape index (κ1) is 21.8. The Labute approximate surface area is 145 Å². The van der Waals surface area contributed by atoms with Gasteiger partial charge in [-0.15, -0.1) is 16.8 Å². The zero-order valence-corrected chi connectivity index (χ0v) is 14.6. The highest BCUT2D eigenvalue weighted by Gasteiger charge is 2.17. The van der Waals surface area contributed by atoms with Gasteiger partial charge in [0.15, 0.2) is 0 Å². The average Bonchev–Trinajstić information content (AvgIpc) is 2.56. The second-order valence-electron chi connectivity index (χ2n) is 4.58. The zero-order valence-electron chi connectivity index (χ0n) is 13.8. The van der Waals surface area contributed by atoms with Crippen LogP contribution < -0.4 is 0 Å². The average molecular weight is 358 g/mol. The van der Waals surface area contributed by atoms with E-state index < -0.39 is 17.8 Å². The number of nitrogens with zero attached hydrogens (tertiary/aromatic N) is 2. The van der Waals surface area contributed by atoms with E-state index in [1.807, 2.05) is 0 Å². The molecule has 0 heterocycles. The van der Waals surface area contributed by atoms with Crippen molar-refractivity contribution in [1.29, 1.82) is 0 Å². The van der Waals surface area contributed by atoms with Crippen molar-refractivity contribution in [3.8, 4) is 0 Å². The van der Waals surface area contributed by atoms with Gasteiger partial charge in [0, 0.05) is 13.0 Å². The third kappa shape index (κ3) is 9.09. The van der Waals surface area contributed by atoms with E-state index in [4.69, 9.17) is 0 Å². The highest BCUT2D eigenvalue weighted by Crippen LogP contribution is 2.06. The fraction of sp³-hybridized carbons (Fsp3) is 0.533. The number of hydroxylamine groups is 2. The summed E-state index contributed by atoms with van der Waals surface area (Å²) < 4.78 is 0. The van der Waals surface area contributed by atoms with E-state index in [-0.39, 0.29) is 25.1 Å². The first-order valence-electron chi connectivity index (χ1n) is 7.44. The number of imide groups is 2. The van der Waals surface area contributed by atoms with Gasteiger partial charge in [0.05, 0.1) is 5.75 Å². The van der Waals surface area contributed by atoms with Crippen molar-refractivity contribution in [1.82, 2.24) is 9.96 Å². The molecule has 134 valence electrons. The molecule has 0 unspecified atom stereocenters. The second-order valence-corrected chi connectivity index (χ2v) is 5.69. The molecule has 0 aliphatic heterocycles. The maximum atomic E-state index is 11.5. The molecule has 0 atom stereocenters. The van der Waals surface area contributed by atoms with E-state index >= 15 is 0 Å². The summed E-state index contributed by atoms with van der Waals surface area (Å²) in [4.78, 5) is 61.6. The fourth-order valence-corrected chi connectivity index (χ4v) is 2.23. The molecule has 24 heavy (non-hydrogen) atoms. The van der Waals surface area contributed by atoms with Gasteiger partial charge in [-0.2, -0.15) is 0 Å². The number of carbonyl (C=O) groups excluding carboxylic acids is 5. The lowest BCUT2D eigenvalue weighted by atomic mass is 10.3. The van der Waals surface area contributed by atoms with Gasteiger partial charge in [-0.05, 0) is 31.6 Å². The molecule has 4 amide bonds. The summed E-state index contributed by atoms with van der Waals surface area (Å²) in [6.07, 6.45) is 4.61. The first-order valence-corrected chi connectivity index (χ1v) is 8.60. The van der Waals surface area contributed by atoms with Crippen LogP contribution in [0.5, 0.6) is 0 Å². The van der Waals surface area contributed by atoms with E-state index in [9.17, 15) is 24.0 Å². The van der Waals surface area contributed by atoms with Crippen molar-refractivity contribution in [3.05, 3.63) is 12.2 Å². The minimum atomic E-state index is -0.714. The monoisotopic (exact) mass is 358 g/mol. The highest BCUT2D eigenvalue weighted by atomic mass is 32.2. The Morgan fingerprint density at radius 1 is 1.17 bits per heavy atom. The Bertz CT molecular complexity index is 481. The van der Waals surface area contributed by atoms with E-state index in [0.717, 1.165) is 4.90 Å². The van der Waals surface area contributed by atoms with E-state index in [1.54, 1.807) is 19.9 Å². The summed E-state index contributed by atoms with van der Waals surface area (Å²) >= 11 is 1.22.